The Kier molecular flexibility index (Phi) is 3.51. The largest absolute Gasteiger partial charge is 0.467 e. The van der Waals surface area contributed by atoms with Gasteiger partial charge in [-0.3, -0.25) is 4.90 Å². The Labute approximate surface area is 157 Å². The molecule has 0 radical (unpaired) electrons. The van der Waals surface area contributed by atoms with Gasteiger partial charge < -0.3 is 10.1 Å². The number of benzene rings is 2. The Morgan fingerprint density at radius 3 is 3.00 bits per heavy atom. The van der Waals surface area contributed by atoms with Crippen molar-refractivity contribution in [3.63, 3.8) is 0 Å². The number of nitrogens with one attached hydrogen (secondary N) is 1. The van der Waals surface area contributed by atoms with Gasteiger partial charge in [0.2, 0.25) is 0 Å². The second kappa shape index (κ2) is 5.64. The van der Waals surface area contributed by atoms with Crippen LogP contribution in [-0.2, 0) is 0 Å². The van der Waals surface area contributed by atoms with Gasteiger partial charge in [0.1, 0.15) is 5.75 Å². The summed E-state index contributed by atoms with van der Waals surface area (Å²) in [4.78, 5) is 3.48. The fourth-order valence-electron chi connectivity index (χ4n) is 4.73. The predicted molar refractivity (Wildman–Crippen MR) is 106 cm³/mol. The van der Waals surface area contributed by atoms with Crippen LogP contribution in [-0.4, -0.2) is 17.1 Å². The third-order valence-electron chi connectivity index (χ3n) is 5.74. The molecule has 2 aromatic carbocycles. The summed E-state index contributed by atoms with van der Waals surface area (Å²) in [5.41, 5.74) is 2.00. The lowest BCUT2D eigenvalue weighted by molar-refractivity contribution is -0.00507. The van der Waals surface area contributed by atoms with Gasteiger partial charge in [-0.1, -0.05) is 24.3 Å². The quantitative estimate of drug-likeness (QED) is 0.610. The molecule has 25 heavy (non-hydrogen) atoms. The average molecular weight is 369 g/mol. The number of anilines is 1. The van der Waals surface area contributed by atoms with E-state index < -0.39 is 0 Å². The van der Waals surface area contributed by atoms with Crippen LogP contribution < -0.4 is 15.0 Å². The van der Waals surface area contributed by atoms with Gasteiger partial charge in [0.05, 0.1) is 6.04 Å². The fraction of sp³-hybridized carbons (Fsp3) is 0.350. The number of thioether (sulfide) groups is 1. The van der Waals surface area contributed by atoms with E-state index in [0.29, 0.717) is 5.92 Å². The van der Waals surface area contributed by atoms with Gasteiger partial charge in [-0.2, -0.15) is 0 Å². The van der Waals surface area contributed by atoms with E-state index in [1.165, 1.54) is 10.5 Å². The molecule has 1 saturated heterocycles. The fourth-order valence-corrected chi connectivity index (χ4v) is 5.57. The van der Waals surface area contributed by atoms with Crippen molar-refractivity contribution < 1.29 is 4.74 Å². The molecule has 2 aliphatic heterocycles. The molecular weight excluding hydrogens is 348 g/mol. The maximum Gasteiger partial charge on any atom is 0.194 e. The zero-order valence-electron chi connectivity index (χ0n) is 14.1. The number of thiocarbonyl (C=S) groups is 1. The van der Waals surface area contributed by atoms with Gasteiger partial charge in [-0.15, -0.1) is 11.8 Å². The normalized spacial score (nSPS) is 29.5. The lowest BCUT2D eigenvalue weighted by Gasteiger charge is -2.56. The standard InChI is InChI=1S/C20H20N2OS2/c1-25-14-7-4-6-13(12-14)22-19(24)21-18-15-8-2-3-10-17(15)23-20(22)11-5-9-16(18)20/h2-4,6-8,10,12,16,18H,5,9,11H2,1H3,(H,21,24)/t16-,18+,20-/m1/s1. The molecule has 5 rings (SSSR count). The number of fused-ring (bicyclic) bond motifs is 2. The summed E-state index contributed by atoms with van der Waals surface area (Å²) in [6.07, 6.45) is 5.44. The van der Waals surface area contributed by atoms with Gasteiger partial charge >= 0.3 is 0 Å². The van der Waals surface area contributed by atoms with E-state index in [4.69, 9.17) is 17.0 Å². The number of rotatable bonds is 2. The van der Waals surface area contributed by atoms with E-state index in [1.54, 1.807) is 11.8 Å². The molecule has 5 heteroatoms. The maximum absolute atomic E-state index is 6.72. The molecular formula is C20H20N2OS2. The van der Waals surface area contributed by atoms with Crippen LogP contribution in [0.2, 0.25) is 0 Å². The molecule has 1 saturated carbocycles. The molecule has 3 aliphatic rings. The minimum absolute atomic E-state index is 0.250. The van der Waals surface area contributed by atoms with Gasteiger partial charge in [0, 0.05) is 28.5 Å². The van der Waals surface area contributed by atoms with E-state index in [0.717, 1.165) is 35.8 Å². The molecule has 0 amide bonds. The first-order chi connectivity index (χ1) is 12.2. The third-order valence-corrected chi connectivity index (χ3v) is 6.77. The molecule has 0 aromatic heterocycles. The summed E-state index contributed by atoms with van der Waals surface area (Å²) < 4.78 is 6.72. The van der Waals surface area contributed by atoms with Crippen molar-refractivity contribution in [1.82, 2.24) is 5.32 Å². The first kappa shape index (κ1) is 15.5. The maximum atomic E-state index is 6.72. The van der Waals surface area contributed by atoms with Crippen LogP contribution in [0, 0.1) is 5.92 Å². The third kappa shape index (κ3) is 2.15. The first-order valence-electron chi connectivity index (χ1n) is 8.76. The highest BCUT2D eigenvalue weighted by Crippen LogP contribution is 2.56. The Bertz CT molecular complexity index is 855. The SMILES string of the molecule is CSc1cccc(N2C(=S)N[C@H]3c4ccccc4O[C@@]24CCC[C@H]34)c1. The first-order valence-corrected chi connectivity index (χ1v) is 10.4. The topological polar surface area (TPSA) is 24.5 Å². The molecule has 2 heterocycles. The summed E-state index contributed by atoms with van der Waals surface area (Å²) in [5, 5.41) is 4.40. The van der Waals surface area contributed by atoms with Crippen molar-refractivity contribution in [1.29, 1.82) is 0 Å². The number of hydrogen-bond donors (Lipinski definition) is 1. The number of para-hydroxylation sites is 1. The Hall–Kier alpha value is -1.72. The van der Waals surface area contributed by atoms with E-state index in [2.05, 4.69) is 65.0 Å². The molecule has 2 bridgehead atoms. The predicted octanol–water partition coefficient (Wildman–Crippen LogP) is 4.73. The molecule has 2 aromatic rings. The van der Waals surface area contributed by atoms with Crippen molar-refractivity contribution in [2.45, 2.75) is 35.9 Å². The summed E-state index contributed by atoms with van der Waals surface area (Å²) in [5.74, 6) is 1.40. The van der Waals surface area contributed by atoms with Crippen molar-refractivity contribution in [3.05, 3.63) is 54.1 Å². The zero-order chi connectivity index (χ0) is 17.0. The summed E-state index contributed by atoms with van der Waals surface area (Å²) in [6, 6.07) is 17.2. The average Bonchev–Trinajstić information content (AvgIpc) is 3.06. The molecule has 0 unspecified atom stereocenters. The molecule has 2 fully saturated rings. The van der Waals surface area contributed by atoms with Gasteiger partial charge in [0.25, 0.3) is 0 Å². The van der Waals surface area contributed by atoms with Crippen molar-refractivity contribution in [3.8, 4) is 5.75 Å². The number of nitrogens with zero attached hydrogens (tertiary/aromatic N) is 1. The van der Waals surface area contributed by atoms with E-state index >= 15 is 0 Å². The minimum Gasteiger partial charge on any atom is -0.467 e. The van der Waals surface area contributed by atoms with Crippen LogP contribution >= 0.6 is 24.0 Å². The Morgan fingerprint density at radius 2 is 2.12 bits per heavy atom. The highest BCUT2D eigenvalue weighted by molar-refractivity contribution is 7.98. The van der Waals surface area contributed by atoms with Crippen LogP contribution in [0.5, 0.6) is 5.75 Å². The second-order valence-corrected chi connectivity index (χ2v) is 8.21. The van der Waals surface area contributed by atoms with Gasteiger partial charge in [-0.25, -0.2) is 0 Å². The van der Waals surface area contributed by atoms with Crippen LogP contribution in [0.1, 0.15) is 30.9 Å². The summed E-state index contributed by atoms with van der Waals surface area (Å²) >= 11 is 7.57. The number of ether oxygens (including phenoxy) is 1. The molecule has 128 valence electrons. The molecule has 1 N–H and O–H groups in total. The van der Waals surface area contributed by atoms with Gasteiger partial charge in [-0.05, 0) is 55.6 Å². The monoisotopic (exact) mass is 368 g/mol. The molecule has 3 atom stereocenters. The second-order valence-electron chi connectivity index (χ2n) is 6.95. The Morgan fingerprint density at radius 1 is 1.24 bits per heavy atom. The van der Waals surface area contributed by atoms with E-state index in [9.17, 15) is 0 Å². The van der Waals surface area contributed by atoms with Crippen molar-refractivity contribution in [2.75, 3.05) is 11.2 Å². The Balaban J connectivity index is 1.68. The number of hydrogen-bond acceptors (Lipinski definition) is 3. The summed E-state index contributed by atoms with van der Waals surface area (Å²) in [7, 11) is 0. The smallest absolute Gasteiger partial charge is 0.194 e. The minimum atomic E-state index is -0.363. The molecule has 3 nitrogen and oxygen atoms in total. The van der Waals surface area contributed by atoms with Crippen LogP contribution in [0.25, 0.3) is 0 Å². The lowest BCUT2D eigenvalue weighted by Crippen LogP contribution is -2.69. The summed E-state index contributed by atoms with van der Waals surface area (Å²) in [6.45, 7) is 0. The molecule has 0 spiro atoms. The van der Waals surface area contributed by atoms with Crippen LogP contribution in [0.3, 0.4) is 0 Å². The van der Waals surface area contributed by atoms with Gasteiger partial charge in [0.15, 0.2) is 10.8 Å². The van der Waals surface area contributed by atoms with E-state index in [-0.39, 0.29) is 11.8 Å². The molecule has 1 aliphatic carbocycles. The van der Waals surface area contributed by atoms with Crippen molar-refractivity contribution >= 4 is 34.8 Å². The highest BCUT2D eigenvalue weighted by atomic mass is 32.2. The van der Waals surface area contributed by atoms with Crippen molar-refractivity contribution in [2.24, 2.45) is 5.92 Å². The van der Waals surface area contributed by atoms with E-state index in [1.807, 2.05) is 0 Å². The van der Waals surface area contributed by atoms with Crippen LogP contribution in [0.4, 0.5) is 5.69 Å². The lowest BCUT2D eigenvalue weighted by atomic mass is 9.80. The zero-order valence-corrected chi connectivity index (χ0v) is 15.7. The highest BCUT2D eigenvalue weighted by Gasteiger charge is 2.60. The van der Waals surface area contributed by atoms with Crippen LogP contribution in [0.15, 0.2) is 53.4 Å².